The highest BCUT2D eigenvalue weighted by atomic mass is 32.1. The van der Waals surface area contributed by atoms with Crippen LogP contribution in [-0.2, 0) is 14.3 Å². The topological polar surface area (TPSA) is 93.7 Å². The van der Waals surface area contributed by atoms with Crippen LogP contribution in [0.2, 0.25) is 0 Å². The zero-order valence-corrected chi connectivity index (χ0v) is 13.8. The molecular weight excluding hydrogens is 320 g/mol. The van der Waals surface area contributed by atoms with Crippen LogP contribution in [0, 0.1) is 11.8 Å². The van der Waals surface area contributed by atoms with Crippen LogP contribution >= 0.6 is 11.5 Å². The lowest BCUT2D eigenvalue weighted by Crippen LogP contribution is -2.54. The molecule has 1 N–H and O–H groups in total. The van der Waals surface area contributed by atoms with Crippen molar-refractivity contribution < 1.29 is 19.1 Å². The SMILES string of the molecule is COCCNC(=O)[C@@H]1CN(C(=O)c2csnn2)C[C@H]2OCC[C@H]21. The Morgan fingerprint density at radius 1 is 1.52 bits per heavy atom. The Labute approximate surface area is 138 Å². The van der Waals surface area contributed by atoms with Gasteiger partial charge in [0.05, 0.1) is 18.6 Å². The van der Waals surface area contributed by atoms with Crippen molar-refractivity contribution in [2.45, 2.75) is 12.5 Å². The minimum Gasteiger partial charge on any atom is -0.383 e. The number of piperidine rings is 1. The molecule has 2 aliphatic heterocycles. The minimum absolute atomic E-state index is 0.0450. The summed E-state index contributed by atoms with van der Waals surface area (Å²) >= 11 is 1.14. The Morgan fingerprint density at radius 3 is 3.13 bits per heavy atom. The number of hydrogen-bond donors (Lipinski definition) is 1. The number of nitrogens with one attached hydrogen (secondary N) is 1. The second-order valence-corrected chi connectivity index (χ2v) is 6.36. The van der Waals surface area contributed by atoms with Gasteiger partial charge in [0.15, 0.2) is 5.69 Å². The second kappa shape index (κ2) is 7.33. The van der Waals surface area contributed by atoms with Crippen LogP contribution < -0.4 is 5.32 Å². The molecule has 0 spiro atoms. The van der Waals surface area contributed by atoms with Gasteiger partial charge in [-0.25, -0.2) is 0 Å². The summed E-state index contributed by atoms with van der Waals surface area (Å²) in [4.78, 5) is 26.6. The molecule has 1 aromatic heterocycles. The number of likely N-dealkylation sites (tertiary alicyclic amines) is 1. The van der Waals surface area contributed by atoms with Crippen molar-refractivity contribution in [2.24, 2.45) is 11.8 Å². The van der Waals surface area contributed by atoms with Crippen molar-refractivity contribution in [1.29, 1.82) is 0 Å². The fourth-order valence-corrected chi connectivity index (χ4v) is 3.68. The molecule has 2 amide bonds. The van der Waals surface area contributed by atoms with E-state index >= 15 is 0 Å². The maximum absolute atomic E-state index is 12.5. The molecule has 0 bridgehead atoms. The molecule has 3 atom stereocenters. The highest BCUT2D eigenvalue weighted by Crippen LogP contribution is 2.34. The van der Waals surface area contributed by atoms with Gasteiger partial charge in [-0.15, -0.1) is 5.10 Å². The van der Waals surface area contributed by atoms with Gasteiger partial charge in [0.1, 0.15) is 0 Å². The number of hydrogen-bond acceptors (Lipinski definition) is 7. The standard InChI is InChI=1S/C14H20N4O4S/c1-21-5-3-15-13(19)10-6-18(7-12-9(10)2-4-22-12)14(20)11-8-23-17-16-11/h8-10,12H,2-7H2,1H3,(H,15,19)/t9-,10+,12+/m0/s1. The van der Waals surface area contributed by atoms with Gasteiger partial charge >= 0.3 is 0 Å². The summed E-state index contributed by atoms with van der Waals surface area (Å²) in [7, 11) is 1.59. The fraction of sp³-hybridized carbons (Fsp3) is 0.714. The third-order valence-electron chi connectivity index (χ3n) is 4.40. The summed E-state index contributed by atoms with van der Waals surface area (Å²) in [6.45, 7) is 2.46. The smallest absolute Gasteiger partial charge is 0.275 e. The van der Waals surface area contributed by atoms with Crippen LogP contribution in [0.4, 0.5) is 0 Å². The fourth-order valence-electron chi connectivity index (χ4n) is 3.25. The van der Waals surface area contributed by atoms with Crippen molar-refractivity contribution in [3.8, 4) is 0 Å². The average Bonchev–Trinajstić information content (AvgIpc) is 3.24. The lowest BCUT2D eigenvalue weighted by Gasteiger charge is -2.39. The molecule has 1 aromatic rings. The van der Waals surface area contributed by atoms with E-state index in [9.17, 15) is 9.59 Å². The summed E-state index contributed by atoms with van der Waals surface area (Å²) in [5.74, 6) is -0.336. The van der Waals surface area contributed by atoms with Crippen molar-refractivity contribution in [1.82, 2.24) is 19.8 Å². The van der Waals surface area contributed by atoms with Gasteiger partial charge in [-0.2, -0.15) is 0 Å². The lowest BCUT2D eigenvalue weighted by molar-refractivity contribution is -0.130. The number of rotatable bonds is 5. The molecule has 3 heterocycles. The average molecular weight is 340 g/mol. The molecular formula is C14H20N4O4S. The van der Waals surface area contributed by atoms with Crippen LogP contribution in [0.3, 0.4) is 0 Å². The summed E-state index contributed by atoms with van der Waals surface area (Å²) < 4.78 is 14.4. The maximum atomic E-state index is 12.5. The number of carbonyl (C=O) groups is 2. The molecule has 3 rings (SSSR count). The zero-order chi connectivity index (χ0) is 16.2. The Bertz CT molecular complexity index is 553. The van der Waals surface area contributed by atoms with E-state index in [1.807, 2.05) is 0 Å². The van der Waals surface area contributed by atoms with E-state index < -0.39 is 0 Å². The number of fused-ring (bicyclic) bond motifs is 1. The van der Waals surface area contributed by atoms with Crippen molar-refractivity contribution in [3.63, 3.8) is 0 Å². The molecule has 8 nitrogen and oxygen atoms in total. The molecule has 126 valence electrons. The van der Waals surface area contributed by atoms with E-state index in [1.165, 1.54) is 0 Å². The Kier molecular flexibility index (Phi) is 5.19. The van der Waals surface area contributed by atoms with Gasteiger partial charge in [-0.1, -0.05) is 4.49 Å². The first-order valence-corrected chi connectivity index (χ1v) is 8.49. The van der Waals surface area contributed by atoms with Crippen molar-refractivity contribution >= 4 is 23.3 Å². The number of ether oxygens (including phenoxy) is 2. The molecule has 2 fully saturated rings. The molecule has 0 aromatic carbocycles. The van der Waals surface area contributed by atoms with Gasteiger partial charge in [-0.05, 0) is 18.0 Å². The summed E-state index contributed by atoms with van der Waals surface area (Å²) in [6, 6.07) is 0. The third-order valence-corrected chi connectivity index (χ3v) is 4.91. The third kappa shape index (κ3) is 3.51. The van der Waals surface area contributed by atoms with Gasteiger partial charge in [0, 0.05) is 44.6 Å². The van der Waals surface area contributed by atoms with Gasteiger partial charge in [-0.3, -0.25) is 9.59 Å². The van der Waals surface area contributed by atoms with Gasteiger partial charge in [0.25, 0.3) is 5.91 Å². The molecule has 2 aliphatic rings. The first-order chi connectivity index (χ1) is 11.2. The first kappa shape index (κ1) is 16.3. The lowest BCUT2D eigenvalue weighted by atomic mass is 9.82. The predicted octanol–water partition coefficient (Wildman–Crippen LogP) is -0.222. The van der Waals surface area contributed by atoms with Crippen LogP contribution in [0.25, 0.3) is 0 Å². The largest absolute Gasteiger partial charge is 0.383 e. The molecule has 0 aliphatic carbocycles. The Balaban J connectivity index is 1.70. The van der Waals surface area contributed by atoms with Crippen LogP contribution in [0.15, 0.2) is 5.38 Å². The summed E-state index contributed by atoms with van der Waals surface area (Å²) in [5, 5.41) is 8.33. The number of carbonyl (C=O) groups excluding carboxylic acids is 2. The maximum Gasteiger partial charge on any atom is 0.275 e. The van der Waals surface area contributed by atoms with E-state index in [0.717, 1.165) is 18.0 Å². The van der Waals surface area contributed by atoms with E-state index in [2.05, 4.69) is 14.9 Å². The van der Waals surface area contributed by atoms with E-state index in [-0.39, 0.29) is 29.8 Å². The normalized spacial score (nSPS) is 26.8. The zero-order valence-electron chi connectivity index (χ0n) is 12.9. The molecule has 0 unspecified atom stereocenters. The quantitative estimate of drug-likeness (QED) is 0.745. The van der Waals surface area contributed by atoms with Crippen LogP contribution in [-0.4, -0.2) is 72.4 Å². The second-order valence-electron chi connectivity index (χ2n) is 5.75. The highest BCUT2D eigenvalue weighted by Gasteiger charge is 2.45. The summed E-state index contributed by atoms with van der Waals surface area (Å²) in [5.41, 5.74) is 0.324. The van der Waals surface area contributed by atoms with Gasteiger partial charge in [0.2, 0.25) is 5.91 Å². The summed E-state index contributed by atoms with van der Waals surface area (Å²) in [6.07, 6.45) is 0.769. The van der Waals surface area contributed by atoms with E-state index in [0.29, 0.717) is 38.5 Å². The molecule has 2 saturated heterocycles. The number of amides is 2. The van der Waals surface area contributed by atoms with Crippen molar-refractivity contribution in [3.05, 3.63) is 11.1 Å². The first-order valence-electron chi connectivity index (χ1n) is 7.65. The Morgan fingerprint density at radius 2 is 2.39 bits per heavy atom. The number of methoxy groups -OCH3 is 1. The monoisotopic (exact) mass is 340 g/mol. The van der Waals surface area contributed by atoms with E-state index in [1.54, 1.807) is 17.4 Å². The minimum atomic E-state index is -0.261. The molecule has 23 heavy (non-hydrogen) atoms. The molecule has 0 radical (unpaired) electrons. The number of aromatic nitrogens is 2. The van der Waals surface area contributed by atoms with Crippen molar-refractivity contribution in [2.75, 3.05) is 40.0 Å². The van der Waals surface area contributed by atoms with Gasteiger partial charge < -0.3 is 19.7 Å². The number of nitrogens with zero attached hydrogens (tertiary/aromatic N) is 3. The van der Waals surface area contributed by atoms with Crippen LogP contribution in [0.5, 0.6) is 0 Å². The Hall–Kier alpha value is -1.58. The highest BCUT2D eigenvalue weighted by molar-refractivity contribution is 7.03. The molecule has 0 saturated carbocycles. The van der Waals surface area contributed by atoms with E-state index in [4.69, 9.17) is 9.47 Å². The van der Waals surface area contributed by atoms with Crippen LogP contribution in [0.1, 0.15) is 16.9 Å². The predicted molar refractivity (Wildman–Crippen MR) is 82.0 cm³/mol. The molecule has 9 heteroatoms.